The number of likely N-dealkylation sites (tertiary alicyclic amines) is 1. The molecule has 1 N–H and O–H groups in total. The number of nitrogens with zero attached hydrogens (tertiary/aromatic N) is 3. The van der Waals surface area contributed by atoms with Gasteiger partial charge < -0.3 is 19.5 Å². The number of carbonyl (C=O) groups excluding carboxylic acids is 1. The summed E-state index contributed by atoms with van der Waals surface area (Å²) in [4.78, 5) is 20.2. The van der Waals surface area contributed by atoms with Gasteiger partial charge in [-0.3, -0.25) is 14.6 Å². The Hall–Kier alpha value is -2.61. The van der Waals surface area contributed by atoms with Crippen molar-refractivity contribution in [3.05, 3.63) is 59.7 Å². The Morgan fingerprint density at radius 3 is 2.68 bits per heavy atom. The molecule has 31 heavy (non-hydrogen) atoms. The van der Waals surface area contributed by atoms with Crippen LogP contribution in [0.4, 0.5) is 0 Å². The summed E-state index contributed by atoms with van der Waals surface area (Å²) in [5, 5.41) is 10.1. The molecule has 164 valence electrons. The van der Waals surface area contributed by atoms with Gasteiger partial charge in [0.1, 0.15) is 11.5 Å². The number of piperazine rings is 1. The van der Waals surface area contributed by atoms with Crippen LogP contribution in [0, 0.1) is 0 Å². The molecule has 0 aromatic heterocycles. The van der Waals surface area contributed by atoms with E-state index in [1.807, 2.05) is 47.4 Å². The maximum Gasteiger partial charge on any atom is 0.253 e. The second kappa shape index (κ2) is 8.15. The Bertz CT molecular complexity index is 942. The number of phenolic OH excluding ortho intramolecular Hbond substituents is 1. The smallest absolute Gasteiger partial charge is 0.253 e. The van der Waals surface area contributed by atoms with Gasteiger partial charge in [0.15, 0.2) is 0 Å². The average Bonchev–Trinajstić information content (AvgIpc) is 2.79. The minimum absolute atomic E-state index is 0.0563. The van der Waals surface area contributed by atoms with Crippen molar-refractivity contribution < 1.29 is 19.4 Å². The van der Waals surface area contributed by atoms with Crippen LogP contribution in [-0.4, -0.2) is 90.3 Å². The lowest BCUT2D eigenvalue weighted by Gasteiger charge is -2.63. The summed E-state index contributed by atoms with van der Waals surface area (Å²) in [5.74, 6) is 1.15. The summed E-state index contributed by atoms with van der Waals surface area (Å²) in [6.45, 7) is 6.18. The number of rotatable bonds is 4. The molecule has 7 heteroatoms. The van der Waals surface area contributed by atoms with E-state index in [2.05, 4.69) is 9.80 Å². The molecule has 2 aromatic rings. The maximum atomic E-state index is 13.3. The number of morpholine rings is 1. The van der Waals surface area contributed by atoms with Crippen molar-refractivity contribution in [2.24, 2.45) is 0 Å². The van der Waals surface area contributed by atoms with Crippen molar-refractivity contribution in [3.63, 3.8) is 0 Å². The van der Waals surface area contributed by atoms with Crippen molar-refractivity contribution >= 4 is 5.91 Å². The standard InChI is InChI=1S/C24H29N3O4/c1-30-21-8-6-18(7-9-21)23(29)26-13-20-14-31-11-10-27(20)24(17-26)15-25(16-24)12-19-4-2-3-5-22(19)28/h2-9,20,28H,10-17H2,1H3. The van der Waals surface area contributed by atoms with Gasteiger partial charge in [0.2, 0.25) is 0 Å². The number of aromatic hydroxyl groups is 1. The molecule has 1 unspecified atom stereocenters. The molecule has 1 spiro atoms. The predicted octanol–water partition coefficient (Wildman–Crippen LogP) is 1.81. The third kappa shape index (κ3) is 3.78. The van der Waals surface area contributed by atoms with E-state index in [-0.39, 0.29) is 17.5 Å². The Morgan fingerprint density at radius 1 is 1.16 bits per heavy atom. The summed E-state index contributed by atoms with van der Waals surface area (Å²) in [5.41, 5.74) is 1.57. The number of phenols is 1. The molecule has 3 fully saturated rings. The van der Waals surface area contributed by atoms with Crippen LogP contribution in [0.3, 0.4) is 0 Å². The number of methoxy groups -OCH3 is 1. The fourth-order valence-corrected chi connectivity index (χ4v) is 5.33. The molecule has 0 saturated carbocycles. The second-order valence-electron chi connectivity index (χ2n) is 8.83. The Morgan fingerprint density at radius 2 is 1.94 bits per heavy atom. The first-order valence-electron chi connectivity index (χ1n) is 10.8. The molecular weight excluding hydrogens is 394 g/mol. The van der Waals surface area contributed by atoms with Gasteiger partial charge in [-0.1, -0.05) is 18.2 Å². The van der Waals surface area contributed by atoms with Crippen molar-refractivity contribution in [2.45, 2.75) is 18.1 Å². The predicted molar refractivity (Wildman–Crippen MR) is 116 cm³/mol. The van der Waals surface area contributed by atoms with Gasteiger partial charge in [-0.25, -0.2) is 0 Å². The van der Waals surface area contributed by atoms with E-state index < -0.39 is 0 Å². The second-order valence-corrected chi connectivity index (χ2v) is 8.83. The molecular formula is C24H29N3O4. The van der Waals surface area contributed by atoms with Crippen molar-refractivity contribution in [2.75, 3.05) is 53.0 Å². The van der Waals surface area contributed by atoms with Crippen LogP contribution in [0.1, 0.15) is 15.9 Å². The highest BCUT2D eigenvalue weighted by Gasteiger charge is 2.54. The van der Waals surface area contributed by atoms with E-state index in [0.717, 1.165) is 44.1 Å². The molecule has 5 rings (SSSR count). The van der Waals surface area contributed by atoms with E-state index in [9.17, 15) is 9.90 Å². The molecule has 3 aliphatic rings. The summed E-state index contributed by atoms with van der Waals surface area (Å²) in [7, 11) is 1.63. The van der Waals surface area contributed by atoms with E-state index in [1.165, 1.54) is 0 Å². The van der Waals surface area contributed by atoms with Crippen LogP contribution in [0.25, 0.3) is 0 Å². The number of ether oxygens (including phenoxy) is 2. The Labute approximate surface area is 182 Å². The Kier molecular flexibility index (Phi) is 5.33. The Balaban J connectivity index is 1.33. The first-order valence-corrected chi connectivity index (χ1v) is 10.8. The first kappa shape index (κ1) is 20.3. The molecule has 1 amide bonds. The monoisotopic (exact) mass is 423 g/mol. The normalized spacial score (nSPS) is 23.3. The van der Waals surface area contributed by atoms with E-state index in [4.69, 9.17) is 9.47 Å². The highest BCUT2D eigenvalue weighted by molar-refractivity contribution is 5.94. The molecule has 3 aliphatic heterocycles. The highest BCUT2D eigenvalue weighted by atomic mass is 16.5. The van der Waals surface area contributed by atoms with Gasteiger partial charge in [0.25, 0.3) is 5.91 Å². The number of hydrogen-bond acceptors (Lipinski definition) is 6. The lowest BCUT2D eigenvalue weighted by atomic mass is 9.82. The fourth-order valence-electron chi connectivity index (χ4n) is 5.33. The van der Waals surface area contributed by atoms with Gasteiger partial charge in [-0.05, 0) is 30.3 Å². The fraction of sp³-hybridized carbons (Fsp3) is 0.458. The van der Waals surface area contributed by atoms with E-state index in [1.54, 1.807) is 13.2 Å². The number of hydrogen-bond donors (Lipinski definition) is 1. The third-order valence-electron chi connectivity index (χ3n) is 6.80. The van der Waals surface area contributed by atoms with Crippen molar-refractivity contribution in [1.82, 2.24) is 14.7 Å². The van der Waals surface area contributed by atoms with Crippen molar-refractivity contribution in [3.8, 4) is 11.5 Å². The number of para-hydroxylation sites is 1. The van der Waals surface area contributed by atoms with Crippen LogP contribution in [0.15, 0.2) is 48.5 Å². The quantitative estimate of drug-likeness (QED) is 0.809. The summed E-state index contributed by atoms with van der Waals surface area (Å²) >= 11 is 0. The van der Waals surface area contributed by atoms with Crippen LogP contribution in [-0.2, 0) is 11.3 Å². The molecule has 1 atom stereocenters. The van der Waals surface area contributed by atoms with E-state index in [0.29, 0.717) is 31.0 Å². The van der Waals surface area contributed by atoms with Gasteiger partial charge in [-0.2, -0.15) is 0 Å². The number of carbonyl (C=O) groups is 1. The number of amides is 1. The molecule has 0 bridgehead atoms. The highest BCUT2D eigenvalue weighted by Crippen LogP contribution is 2.37. The van der Waals surface area contributed by atoms with Crippen molar-refractivity contribution in [1.29, 1.82) is 0 Å². The van der Waals surface area contributed by atoms with Gasteiger partial charge in [0, 0.05) is 50.4 Å². The summed E-state index contributed by atoms with van der Waals surface area (Å²) in [6, 6.07) is 15.1. The minimum atomic E-state index is -0.0563. The molecule has 3 heterocycles. The molecule has 0 radical (unpaired) electrons. The van der Waals surface area contributed by atoms with Gasteiger partial charge in [0.05, 0.1) is 31.9 Å². The van der Waals surface area contributed by atoms with E-state index >= 15 is 0 Å². The first-order chi connectivity index (χ1) is 15.1. The molecule has 3 saturated heterocycles. The minimum Gasteiger partial charge on any atom is -0.508 e. The van der Waals surface area contributed by atoms with Crippen LogP contribution in [0.2, 0.25) is 0 Å². The lowest BCUT2D eigenvalue weighted by Crippen LogP contribution is -2.80. The van der Waals surface area contributed by atoms with Gasteiger partial charge in [-0.15, -0.1) is 0 Å². The molecule has 2 aromatic carbocycles. The number of fused-ring (bicyclic) bond motifs is 2. The van der Waals surface area contributed by atoms with Crippen LogP contribution < -0.4 is 4.74 Å². The zero-order valence-corrected chi connectivity index (χ0v) is 17.9. The maximum absolute atomic E-state index is 13.3. The molecule has 7 nitrogen and oxygen atoms in total. The van der Waals surface area contributed by atoms with Crippen LogP contribution >= 0.6 is 0 Å². The molecule has 0 aliphatic carbocycles. The van der Waals surface area contributed by atoms with Crippen LogP contribution in [0.5, 0.6) is 11.5 Å². The third-order valence-corrected chi connectivity index (χ3v) is 6.80. The topological polar surface area (TPSA) is 65.5 Å². The zero-order valence-electron chi connectivity index (χ0n) is 17.9. The summed E-state index contributed by atoms with van der Waals surface area (Å²) < 4.78 is 11.0. The summed E-state index contributed by atoms with van der Waals surface area (Å²) in [6.07, 6.45) is 0. The van der Waals surface area contributed by atoms with Gasteiger partial charge >= 0.3 is 0 Å². The average molecular weight is 424 g/mol. The zero-order chi connectivity index (χ0) is 21.4. The largest absolute Gasteiger partial charge is 0.508 e. The lowest BCUT2D eigenvalue weighted by molar-refractivity contribution is -0.160. The number of benzene rings is 2. The SMILES string of the molecule is COc1ccc(C(=O)N2CC3COCCN3C3(CN(Cc4ccccc4O)C3)C2)cc1.